The third kappa shape index (κ3) is 8.46. The molecular weight excluding hydrogens is 561 g/mol. The lowest BCUT2D eigenvalue weighted by molar-refractivity contribution is -0.142. The van der Waals surface area contributed by atoms with Gasteiger partial charge in [-0.05, 0) is 38.1 Å². The molecule has 2 rings (SSSR count). The van der Waals surface area contributed by atoms with Crippen LogP contribution in [0.25, 0.3) is 11.4 Å². The van der Waals surface area contributed by atoms with Crippen LogP contribution in [0.1, 0.15) is 25.5 Å². The summed E-state index contributed by atoms with van der Waals surface area (Å²) in [6, 6.07) is 6.53. The number of benzene rings is 1. The van der Waals surface area contributed by atoms with E-state index < -0.39 is 19.5 Å². The van der Waals surface area contributed by atoms with Crippen molar-refractivity contribution in [1.29, 1.82) is 0 Å². The Bertz CT molecular complexity index is 927. The lowest BCUT2D eigenvalue weighted by atomic mass is 10.1. The zero-order chi connectivity index (χ0) is 24.8. The van der Waals surface area contributed by atoms with E-state index in [0.29, 0.717) is 11.3 Å². The van der Waals surface area contributed by atoms with E-state index in [1.54, 1.807) is 38.1 Å². The molecule has 0 bridgehead atoms. The van der Waals surface area contributed by atoms with Gasteiger partial charge < -0.3 is 14.4 Å². The Balaban J connectivity index is 2.41. The van der Waals surface area contributed by atoms with Crippen molar-refractivity contribution in [2.24, 2.45) is 0 Å². The Morgan fingerprint density at radius 2 is 1.21 bits per heavy atom. The minimum absolute atomic E-state index is 0.0848. The van der Waals surface area contributed by atoms with Crippen LogP contribution in [0.5, 0.6) is 0 Å². The molecule has 1 heterocycles. The second kappa shape index (κ2) is 11.9. The van der Waals surface area contributed by atoms with Crippen LogP contribution in [0, 0.1) is 0 Å². The fourth-order valence-corrected chi connectivity index (χ4v) is 3.05. The van der Waals surface area contributed by atoms with E-state index in [0.717, 1.165) is 0 Å². The molecule has 1 aromatic carbocycles. The average molecular weight is 579 g/mol. The fraction of sp³-hybridized carbons (Fsp3) is 0.421. The zero-order valence-electron chi connectivity index (χ0n) is 17.3. The molecule has 0 aliphatic heterocycles. The molecule has 14 heteroatoms. The second-order valence-electron chi connectivity index (χ2n) is 6.31. The molecule has 0 saturated heterocycles. The standard InChI is InChI=1S/C19H18Cl6N4O4/c1-3-32-13(30)9-29(10-14(31)33-4-2)12-7-5-11(6-8-12)15-26-16(18(20,21)22)28-17(27-15)19(23,24)25/h5-8H,3-4,9-10H2,1-2H3. The zero-order valence-corrected chi connectivity index (χ0v) is 21.9. The monoisotopic (exact) mass is 576 g/mol. The molecule has 0 saturated carbocycles. The van der Waals surface area contributed by atoms with Gasteiger partial charge in [-0.1, -0.05) is 69.6 Å². The Morgan fingerprint density at radius 1 is 0.788 bits per heavy atom. The van der Waals surface area contributed by atoms with Crippen LogP contribution in [0.15, 0.2) is 24.3 Å². The maximum Gasteiger partial charge on any atom is 0.325 e. The third-order valence-corrected chi connectivity index (χ3v) is 4.90. The number of nitrogens with zero attached hydrogens (tertiary/aromatic N) is 4. The van der Waals surface area contributed by atoms with Crippen LogP contribution in [0.2, 0.25) is 0 Å². The summed E-state index contributed by atoms with van der Waals surface area (Å²) >= 11 is 35.5. The molecule has 2 aromatic rings. The van der Waals surface area contributed by atoms with Gasteiger partial charge in [0.15, 0.2) is 17.5 Å². The summed E-state index contributed by atoms with van der Waals surface area (Å²) in [7, 11) is 0. The van der Waals surface area contributed by atoms with Gasteiger partial charge in [0.25, 0.3) is 0 Å². The molecule has 0 spiro atoms. The van der Waals surface area contributed by atoms with Crippen LogP contribution >= 0.6 is 69.6 Å². The lowest BCUT2D eigenvalue weighted by Gasteiger charge is -2.23. The first-order chi connectivity index (χ1) is 15.3. The normalized spacial score (nSPS) is 11.8. The first-order valence-electron chi connectivity index (χ1n) is 9.42. The van der Waals surface area contributed by atoms with Gasteiger partial charge >= 0.3 is 11.9 Å². The molecule has 0 radical (unpaired) electrons. The molecule has 0 aliphatic rings. The van der Waals surface area contributed by atoms with Gasteiger partial charge in [-0.2, -0.15) is 0 Å². The third-order valence-electron chi connectivity index (χ3n) is 3.88. The van der Waals surface area contributed by atoms with Gasteiger partial charge in [0.05, 0.1) is 13.2 Å². The van der Waals surface area contributed by atoms with Crippen LogP contribution in [0.4, 0.5) is 5.69 Å². The number of hydrogen-bond acceptors (Lipinski definition) is 8. The SMILES string of the molecule is CCOC(=O)CN(CC(=O)OCC)c1ccc(-c2nc(C(Cl)(Cl)Cl)nc(C(Cl)(Cl)Cl)n2)cc1. The largest absolute Gasteiger partial charge is 0.465 e. The van der Waals surface area contributed by atoms with E-state index in [-0.39, 0.29) is 43.8 Å². The highest BCUT2D eigenvalue weighted by molar-refractivity contribution is 6.67. The average Bonchev–Trinajstić information content (AvgIpc) is 2.72. The van der Waals surface area contributed by atoms with Crippen molar-refractivity contribution in [2.45, 2.75) is 21.4 Å². The predicted molar refractivity (Wildman–Crippen MR) is 129 cm³/mol. The van der Waals surface area contributed by atoms with Crippen molar-refractivity contribution in [2.75, 3.05) is 31.2 Å². The summed E-state index contributed by atoms with van der Waals surface area (Å²) in [5.41, 5.74) is 1.01. The number of hydrogen-bond donors (Lipinski definition) is 0. The van der Waals surface area contributed by atoms with Crippen molar-refractivity contribution in [3.63, 3.8) is 0 Å². The van der Waals surface area contributed by atoms with Crippen molar-refractivity contribution < 1.29 is 19.1 Å². The quantitative estimate of drug-likeness (QED) is 0.314. The molecule has 180 valence electrons. The highest BCUT2D eigenvalue weighted by Gasteiger charge is 2.34. The van der Waals surface area contributed by atoms with E-state index in [4.69, 9.17) is 79.1 Å². The Morgan fingerprint density at radius 3 is 1.58 bits per heavy atom. The number of alkyl halides is 6. The number of carbonyl (C=O) groups is 2. The number of halogens is 6. The van der Waals surface area contributed by atoms with Gasteiger partial charge in [0.1, 0.15) is 13.1 Å². The Hall–Kier alpha value is -1.29. The summed E-state index contributed by atoms with van der Waals surface area (Å²) < 4.78 is 5.99. The summed E-state index contributed by atoms with van der Waals surface area (Å²) in [5, 5.41) is 0. The maximum absolute atomic E-state index is 12.0. The van der Waals surface area contributed by atoms with Gasteiger partial charge in [-0.25, -0.2) is 15.0 Å². The van der Waals surface area contributed by atoms with Crippen molar-refractivity contribution in [3.8, 4) is 11.4 Å². The van der Waals surface area contributed by atoms with Gasteiger partial charge in [-0.15, -0.1) is 0 Å². The van der Waals surface area contributed by atoms with E-state index >= 15 is 0 Å². The summed E-state index contributed by atoms with van der Waals surface area (Å²) in [4.78, 5) is 37.7. The number of carbonyl (C=O) groups excluding carboxylic acids is 2. The van der Waals surface area contributed by atoms with Crippen LogP contribution in [0.3, 0.4) is 0 Å². The molecule has 0 aliphatic carbocycles. The molecule has 0 atom stereocenters. The van der Waals surface area contributed by atoms with Gasteiger partial charge in [-0.3, -0.25) is 9.59 Å². The maximum atomic E-state index is 12.0. The van der Waals surface area contributed by atoms with Gasteiger partial charge in [0.2, 0.25) is 7.59 Å². The number of rotatable bonds is 8. The van der Waals surface area contributed by atoms with Crippen LogP contribution in [-0.4, -0.2) is 53.2 Å². The summed E-state index contributed by atoms with van der Waals surface area (Å²) in [6.45, 7) is 3.48. The number of esters is 2. The summed E-state index contributed by atoms with van der Waals surface area (Å²) in [6.07, 6.45) is 0. The minimum atomic E-state index is -1.99. The number of anilines is 1. The van der Waals surface area contributed by atoms with Crippen LogP contribution < -0.4 is 4.90 Å². The molecule has 0 unspecified atom stereocenters. The lowest BCUT2D eigenvalue weighted by Crippen LogP contribution is -2.36. The van der Waals surface area contributed by atoms with Gasteiger partial charge in [0, 0.05) is 11.3 Å². The Labute approximate surface area is 220 Å². The van der Waals surface area contributed by atoms with E-state index in [9.17, 15) is 9.59 Å². The van der Waals surface area contributed by atoms with E-state index in [1.165, 1.54) is 4.90 Å². The minimum Gasteiger partial charge on any atom is -0.465 e. The highest BCUT2D eigenvalue weighted by atomic mass is 35.6. The molecule has 8 nitrogen and oxygen atoms in total. The highest BCUT2D eigenvalue weighted by Crippen LogP contribution is 2.40. The molecule has 1 aromatic heterocycles. The smallest absolute Gasteiger partial charge is 0.325 e. The van der Waals surface area contributed by atoms with Crippen molar-refractivity contribution in [3.05, 3.63) is 35.9 Å². The molecule has 0 N–H and O–H groups in total. The number of aromatic nitrogens is 3. The number of ether oxygens (including phenoxy) is 2. The second-order valence-corrected chi connectivity index (χ2v) is 10.9. The summed E-state index contributed by atoms with van der Waals surface area (Å²) in [5.74, 6) is -1.37. The van der Waals surface area contributed by atoms with Crippen molar-refractivity contribution in [1.82, 2.24) is 15.0 Å². The van der Waals surface area contributed by atoms with E-state index in [2.05, 4.69) is 15.0 Å². The van der Waals surface area contributed by atoms with Crippen molar-refractivity contribution >= 4 is 87.2 Å². The molecule has 0 amide bonds. The Kier molecular flexibility index (Phi) is 10.1. The van der Waals surface area contributed by atoms with Crippen LogP contribution in [-0.2, 0) is 26.6 Å². The molecular formula is C19H18Cl6N4O4. The molecule has 0 fully saturated rings. The van der Waals surface area contributed by atoms with E-state index in [1.807, 2.05) is 0 Å². The fourth-order valence-electron chi connectivity index (χ4n) is 2.54. The first kappa shape index (κ1) is 28.0. The topological polar surface area (TPSA) is 94.5 Å². The molecule has 33 heavy (non-hydrogen) atoms. The predicted octanol–water partition coefficient (Wildman–Crippen LogP) is 5.12. The first-order valence-corrected chi connectivity index (χ1v) is 11.7.